The molecule has 2 rings (SSSR count). The van der Waals surface area contributed by atoms with E-state index in [2.05, 4.69) is 5.10 Å². The minimum Gasteiger partial charge on any atom is -0.497 e. The summed E-state index contributed by atoms with van der Waals surface area (Å²) < 4.78 is 6.74. The van der Waals surface area contributed by atoms with Crippen LogP contribution in [0.25, 0.3) is 5.69 Å². The number of nitrogen functional groups attached to an aromatic ring is 1. The number of ether oxygens (including phenoxy) is 1. The summed E-state index contributed by atoms with van der Waals surface area (Å²) in [5, 5.41) is 4.88. The molecule has 0 aliphatic rings. The van der Waals surface area contributed by atoms with Crippen LogP contribution in [0.15, 0.2) is 24.4 Å². The Hall–Kier alpha value is -1.68. The van der Waals surface area contributed by atoms with Crippen LogP contribution in [0.5, 0.6) is 5.75 Å². The van der Waals surface area contributed by atoms with Crippen LogP contribution in [0, 0.1) is 6.92 Å². The van der Waals surface area contributed by atoms with Crippen LogP contribution in [-0.4, -0.2) is 16.9 Å². The van der Waals surface area contributed by atoms with Crippen molar-refractivity contribution in [3.05, 3.63) is 35.1 Å². The lowest BCUT2D eigenvalue weighted by Gasteiger charge is -2.07. The number of aryl methyl sites for hydroxylation is 1. The SMILES string of the molecule is COc1ccc(-n2cc(Cl)c(C)n2)c(N)c1. The van der Waals surface area contributed by atoms with E-state index in [1.165, 1.54) is 0 Å². The lowest BCUT2D eigenvalue weighted by molar-refractivity contribution is 0.415. The molecule has 5 heteroatoms. The molecular weight excluding hydrogens is 226 g/mol. The number of benzene rings is 1. The molecular formula is C11H12ClN3O. The van der Waals surface area contributed by atoms with Gasteiger partial charge in [-0.15, -0.1) is 0 Å². The Kier molecular flexibility index (Phi) is 2.75. The standard InChI is InChI=1S/C11H12ClN3O/c1-7-9(12)6-15(14-7)11-4-3-8(16-2)5-10(11)13/h3-6H,13H2,1-2H3. The number of hydrogen-bond acceptors (Lipinski definition) is 3. The molecule has 4 nitrogen and oxygen atoms in total. The van der Waals surface area contributed by atoms with Gasteiger partial charge in [0.25, 0.3) is 0 Å². The van der Waals surface area contributed by atoms with Crippen LogP contribution in [-0.2, 0) is 0 Å². The molecule has 2 aromatic rings. The van der Waals surface area contributed by atoms with Gasteiger partial charge in [-0.25, -0.2) is 4.68 Å². The van der Waals surface area contributed by atoms with E-state index in [-0.39, 0.29) is 0 Å². The van der Waals surface area contributed by atoms with Crippen molar-refractivity contribution >= 4 is 17.3 Å². The Labute approximate surface area is 98.6 Å². The molecule has 2 N–H and O–H groups in total. The number of hydrogen-bond donors (Lipinski definition) is 1. The topological polar surface area (TPSA) is 53.1 Å². The molecule has 0 spiro atoms. The van der Waals surface area contributed by atoms with E-state index >= 15 is 0 Å². The van der Waals surface area contributed by atoms with Crippen molar-refractivity contribution in [2.45, 2.75) is 6.92 Å². The molecule has 0 aliphatic carbocycles. The second kappa shape index (κ2) is 4.06. The average Bonchev–Trinajstić information content (AvgIpc) is 2.58. The second-order valence-corrected chi connectivity index (χ2v) is 3.84. The summed E-state index contributed by atoms with van der Waals surface area (Å²) in [4.78, 5) is 0. The first-order valence-electron chi connectivity index (χ1n) is 4.77. The third kappa shape index (κ3) is 1.84. The predicted molar refractivity (Wildman–Crippen MR) is 64.3 cm³/mol. The maximum Gasteiger partial charge on any atom is 0.121 e. The Morgan fingerprint density at radius 1 is 1.44 bits per heavy atom. The zero-order valence-electron chi connectivity index (χ0n) is 9.07. The Balaban J connectivity index is 2.48. The van der Waals surface area contributed by atoms with E-state index in [0.717, 1.165) is 17.1 Å². The van der Waals surface area contributed by atoms with E-state index < -0.39 is 0 Å². The molecule has 84 valence electrons. The summed E-state index contributed by atoms with van der Waals surface area (Å²) in [5.41, 5.74) is 8.06. The molecule has 1 heterocycles. The highest BCUT2D eigenvalue weighted by atomic mass is 35.5. The number of anilines is 1. The maximum atomic E-state index is 5.94. The zero-order chi connectivity index (χ0) is 11.7. The van der Waals surface area contributed by atoms with Gasteiger partial charge in [-0.3, -0.25) is 0 Å². The normalized spacial score (nSPS) is 10.4. The van der Waals surface area contributed by atoms with Gasteiger partial charge in [0.05, 0.1) is 29.2 Å². The van der Waals surface area contributed by atoms with Gasteiger partial charge in [0, 0.05) is 12.3 Å². The van der Waals surface area contributed by atoms with Gasteiger partial charge in [-0.2, -0.15) is 5.10 Å². The highest BCUT2D eigenvalue weighted by Gasteiger charge is 2.07. The molecule has 0 saturated heterocycles. The Morgan fingerprint density at radius 2 is 2.19 bits per heavy atom. The number of aromatic nitrogens is 2. The van der Waals surface area contributed by atoms with Gasteiger partial charge >= 0.3 is 0 Å². The number of methoxy groups -OCH3 is 1. The van der Waals surface area contributed by atoms with Crippen molar-refractivity contribution in [1.29, 1.82) is 0 Å². The molecule has 0 amide bonds. The summed E-state index contributed by atoms with van der Waals surface area (Å²) >= 11 is 5.94. The fourth-order valence-corrected chi connectivity index (χ4v) is 1.56. The largest absolute Gasteiger partial charge is 0.497 e. The lowest BCUT2D eigenvalue weighted by Crippen LogP contribution is -2.00. The summed E-state index contributed by atoms with van der Waals surface area (Å²) in [6.45, 7) is 1.85. The van der Waals surface area contributed by atoms with Gasteiger partial charge in [-0.1, -0.05) is 11.6 Å². The highest BCUT2D eigenvalue weighted by Crippen LogP contribution is 2.24. The van der Waals surface area contributed by atoms with Crippen LogP contribution in [0.4, 0.5) is 5.69 Å². The van der Waals surface area contributed by atoms with Crippen LogP contribution >= 0.6 is 11.6 Å². The number of nitrogens with two attached hydrogens (primary N) is 1. The third-order valence-corrected chi connectivity index (χ3v) is 2.69. The highest BCUT2D eigenvalue weighted by molar-refractivity contribution is 6.31. The van der Waals surface area contributed by atoms with E-state index in [9.17, 15) is 0 Å². The number of halogens is 1. The van der Waals surface area contributed by atoms with Gasteiger partial charge < -0.3 is 10.5 Å². The molecule has 0 atom stereocenters. The van der Waals surface area contributed by atoms with Crippen molar-refractivity contribution in [2.75, 3.05) is 12.8 Å². The molecule has 1 aromatic carbocycles. The van der Waals surface area contributed by atoms with E-state index in [1.807, 2.05) is 19.1 Å². The first-order chi connectivity index (χ1) is 7.61. The van der Waals surface area contributed by atoms with Gasteiger partial charge in [0.15, 0.2) is 0 Å². The van der Waals surface area contributed by atoms with Crippen LogP contribution in [0.2, 0.25) is 5.02 Å². The second-order valence-electron chi connectivity index (χ2n) is 3.43. The predicted octanol–water partition coefficient (Wildman–Crippen LogP) is 2.42. The molecule has 0 bridgehead atoms. The first kappa shape index (κ1) is 10.8. The van der Waals surface area contributed by atoms with E-state index in [0.29, 0.717) is 10.7 Å². The maximum absolute atomic E-state index is 5.94. The third-order valence-electron chi connectivity index (χ3n) is 2.32. The van der Waals surface area contributed by atoms with Crippen molar-refractivity contribution in [3.63, 3.8) is 0 Å². The summed E-state index contributed by atoms with van der Waals surface area (Å²) in [6, 6.07) is 5.42. The Morgan fingerprint density at radius 3 is 2.69 bits per heavy atom. The van der Waals surface area contributed by atoms with Crippen LogP contribution in [0.1, 0.15) is 5.69 Å². The summed E-state index contributed by atoms with van der Waals surface area (Å²) in [6.07, 6.45) is 1.73. The van der Waals surface area contributed by atoms with E-state index in [1.54, 1.807) is 24.1 Å². The number of nitrogens with zero attached hydrogens (tertiary/aromatic N) is 2. The molecule has 0 aliphatic heterocycles. The van der Waals surface area contributed by atoms with Gasteiger partial charge in [-0.05, 0) is 19.1 Å². The number of rotatable bonds is 2. The molecule has 1 aromatic heterocycles. The summed E-state index contributed by atoms with van der Waals surface area (Å²) in [5.74, 6) is 0.719. The fraction of sp³-hybridized carbons (Fsp3) is 0.182. The molecule has 0 fully saturated rings. The van der Waals surface area contributed by atoms with E-state index in [4.69, 9.17) is 22.1 Å². The van der Waals surface area contributed by atoms with Crippen molar-refractivity contribution in [1.82, 2.24) is 9.78 Å². The Bertz CT molecular complexity index is 502. The average molecular weight is 238 g/mol. The molecule has 16 heavy (non-hydrogen) atoms. The molecule has 0 saturated carbocycles. The van der Waals surface area contributed by atoms with Crippen LogP contribution in [0.3, 0.4) is 0 Å². The minimum absolute atomic E-state index is 0.596. The van der Waals surface area contributed by atoms with Gasteiger partial charge in [0.1, 0.15) is 5.75 Å². The summed E-state index contributed by atoms with van der Waals surface area (Å²) in [7, 11) is 1.60. The quantitative estimate of drug-likeness (QED) is 0.817. The molecule has 0 unspecified atom stereocenters. The van der Waals surface area contributed by atoms with Crippen molar-refractivity contribution in [3.8, 4) is 11.4 Å². The zero-order valence-corrected chi connectivity index (χ0v) is 9.82. The first-order valence-corrected chi connectivity index (χ1v) is 5.15. The fourth-order valence-electron chi connectivity index (χ4n) is 1.43. The monoisotopic (exact) mass is 237 g/mol. The smallest absolute Gasteiger partial charge is 0.121 e. The van der Waals surface area contributed by atoms with Gasteiger partial charge in [0.2, 0.25) is 0 Å². The minimum atomic E-state index is 0.596. The van der Waals surface area contributed by atoms with Crippen molar-refractivity contribution < 1.29 is 4.74 Å². The van der Waals surface area contributed by atoms with Crippen molar-refractivity contribution in [2.24, 2.45) is 0 Å². The molecule has 0 radical (unpaired) electrons. The van der Waals surface area contributed by atoms with Crippen LogP contribution < -0.4 is 10.5 Å². The lowest BCUT2D eigenvalue weighted by atomic mass is 10.2.